The normalized spacial score (nSPS) is 8.75. The molecule has 69 valence electrons. The number of methoxy groups -OCH3 is 1. The van der Waals surface area contributed by atoms with Gasteiger partial charge in [-0.25, -0.2) is 0 Å². The topological polar surface area (TPSA) is 53.3 Å². The Labute approximate surface area is 84.1 Å². The van der Waals surface area contributed by atoms with Crippen LogP contribution in [0.1, 0.15) is 12.1 Å². The monoisotopic (exact) mass is 346 g/mol. The van der Waals surface area contributed by atoms with Crippen molar-refractivity contribution in [3.8, 4) is 0 Å². The number of carbonyl (C=O) groups excluding carboxylic acids is 1. The average molecular weight is 345 g/mol. The molecule has 1 heterocycles. The van der Waals surface area contributed by atoms with Crippen molar-refractivity contribution in [1.82, 2.24) is 9.97 Å². The van der Waals surface area contributed by atoms with E-state index in [0.717, 1.165) is 5.69 Å². The zero-order valence-electron chi connectivity index (χ0n) is 6.61. The van der Waals surface area contributed by atoms with E-state index in [1.807, 2.05) is 0 Å². The van der Waals surface area contributed by atoms with E-state index < -0.39 is 0 Å². The number of nitrogens with zero attached hydrogens (tertiary/aromatic N) is 2. The largest absolute Gasteiger partial charge is 0.469 e. The van der Waals surface area contributed by atoms with Gasteiger partial charge in [-0.15, -0.1) is 0 Å². The molecule has 0 bridgehead atoms. The van der Waals surface area contributed by atoms with Crippen LogP contribution in [0.5, 0.6) is 0 Å². The van der Waals surface area contributed by atoms with Gasteiger partial charge in [-0.1, -0.05) is 18.2 Å². The first kappa shape index (κ1) is 11.3. The third-order valence-corrected chi connectivity index (χ3v) is 1.33. The van der Waals surface area contributed by atoms with E-state index in [-0.39, 0.29) is 26.1 Å². The van der Waals surface area contributed by atoms with Gasteiger partial charge in [0, 0.05) is 26.5 Å². The molecule has 0 saturated carbocycles. The molecule has 0 atom stereocenters. The standard InChI is InChI=1S/C7H9N2O2.Ir/c1-11-7(10)3-2-6-4-8-5-9-6;/h4-5H,2-3H2,1H3;/q-1;. The van der Waals surface area contributed by atoms with Crippen molar-refractivity contribution in [1.29, 1.82) is 0 Å². The van der Waals surface area contributed by atoms with Crippen molar-refractivity contribution in [3.63, 3.8) is 0 Å². The molecule has 0 saturated heterocycles. The van der Waals surface area contributed by atoms with Gasteiger partial charge >= 0.3 is 5.97 Å². The first-order valence-corrected chi connectivity index (χ1v) is 3.31. The van der Waals surface area contributed by atoms with Crippen molar-refractivity contribution < 1.29 is 29.6 Å². The molecule has 4 nitrogen and oxygen atoms in total. The number of hydrogen-bond acceptors (Lipinski definition) is 3. The maximum Gasteiger partial charge on any atom is 0.305 e. The molecule has 1 aromatic rings. The maximum atomic E-state index is 10.6. The zero-order valence-corrected chi connectivity index (χ0v) is 9.01. The Kier molecular flexibility index (Phi) is 5.58. The second-order valence-corrected chi connectivity index (χ2v) is 2.09. The molecule has 5 heteroatoms. The average Bonchev–Trinajstić information content (AvgIpc) is 2.52. The summed E-state index contributed by atoms with van der Waals surface area (Å²) in [5.41, 5.74) is 0.829. The van der Waals surface area contributed by atoms with Crippen molar-refractivity contribution >= 4 is 5.97 Å². The summed E-state index contributed by atoms with van der Waals surface area (Å²) in [7, 11) is 1.37. The number of esters is 1. The van der Waals surface area contributed by atoms with Crippen LogP contribution in [0.15, 0.2) is 12.5 Å². The zero-order chi connectivity index (χ0) is 8.10. The summed E-state index contributed by atoms with van der Waals surface area (Å²) in [4.78, 5) is 18.3. The fourth-order valence-corrected chi connectivity index (χ4v) is 0.721. The quantitative estimate of drug-likeness (QED) is 0.732. The van der Waals surface area contributed by atoms with Crippen LogP contribution in [-0.2, 0) is 36.1 Å². The Bertz CT molecular complexity index is 223. The minimum atomic E-state index is -0.215. The molecule has 0 amide bonds. The van der Waals surface area contributed by atoms with E-state index in [4.69, 9.17) is 0 Å². The summed E-state index contributed by atoms with van der Waals surface area (Å²) in [6, 6.07) is 0. The predicted molar refractivity (Wildman–Crippen MR) is 37.9 cm³/mol. The maximum absolute atomic E-state index is 10.6. The van der Waals surface area contributed by atoms with Crippen LogP contribution < -0.4 is 4.98 Å². The van der Waals surface area contributed by atoms with E-state index in [1.54, 1.807) is 6.20 Å². The Morgan fingerprint density at radius 1 is 1.75 bits per heavy atom. The minimum Gasteiger partial charge on any atom is -0.469 e. The van der Waals surface area contributed by atoms with Crippen LogP contribution in [0.25, 0.3) is 0 Å². The molecule has 0 spiro atoms. The summed E-state index contributed by atoms with van der Waals surface area (Å²) >= 11 is 0. The van der Waals surface area contributed by atoms with Crippen LogP contribution >= 0.6 is 0 Å². The van der Waals surface area contributed by atoms with Crippen LogP contribution in [0.4, 0.5) is 0 Å². The van der Waals surface area contributed by atoms with Gasteiger partial charge in [0.2, 0.25) is 0 Å². The molecule has 1 rings (SSSR count). The van der Waals surface area contributed by atoms with Crippen LogP contribution in [0.3, 0.4) is 0 Å². The van der Waals surface area contributed by atoms with Crippen molar-refractivity contribution in [3.05, 3.63) is 18.2 Å². The summed E-state index contributed by atoms with van der Waals surface area (Å²) in [6.07, 6.45) is 4.08. The number of ether oxygens (including phenoxy) is 1. The van der Waals surface area contributed by atoms with Gasteiger partial charge in [0.25, 0.3) is 0 Å². The summed E-state index contributed by atoms with van der Waals surface area (Å²) in [5.74, 6) is -0.215. The van der Waals surface area contributed by atoms with Crippen LogP contribution in [-0.4, -0.2) is 18.1 Å². The van der Waals surface area contributed by atoms with Gasteiger partial charge in [-0.05, 0) is 6.42 Å². The van der Waals surface area contributed by atoms with Gasteiger partial charge in [0.15, 0.2) is 0 Å². The summed E-state index contributed by atoms with van der Waals surface area (Å²) in [6.45, 7) is 0. The Morgan fingerprint density at radius 2 is 2.50 bits per heavy atom. The molecular formula is C7H9IrN2O2-. The minimum absolute atomic E-state index is 0. The van der Waals surface area contributed by atoms with Gasteiger partial charge in [-0.2, -0.15) is 0 Å². The summed E-state index contributed by atoms with van der Waals surface area (Å²) in [5, 5.41) is 0. The van der Waals surface area contributed by atoms with Crippen LogP contribution in [0, 0.1) is 0 Å². The Balaban J connectivity index is 0.00000121. The number of hydrogen-bond donors (Lipinski definition) is 0. The van der Waals surface area contributed by atoms with Gasteiger partial charge in [0.1, 0.15) is 0 Å². The second kappa shape index (κ2) is 5.91. The molecule has 0 aromatic carbocycles. The number of rotatable bonds is 3. The number of imidazole rings is 1. The second-order valence-electron chi connectivity index (χ2n) is 2.09. The van der Waals surface area contributed by atoms with E-state index >= 15 is 0 Å². The first-order chi connectivity index (χ1) is 5.33. The van der Waals surface area contributed by atoms with Crippen LogP contribution in [0.2, 0.25) is 0 Å². The van der Waals surface area contributed by atoms with Crippen molar-refractivity contribution in [2.24, 2.45) is 0 Å². The fourth-order valence-electron chi connectivity index (χ4n) is 0.721. The number of aromatic nitrogens is 2. The van der Waals surface area contributed by atoms with Crippen molar-refractivity contribution in [2.75, 3.05) is 7.11 Å². The molecular weight excluding hydrogens is 336 g/mol. The summed E-state index contributed by atoms with van der Waals surface area (Å²) < 4.78 is 4.46. The molecule has 1 radical (unpaired) electrons. The molecule has 0 fully saturated rings. The van der Waals surface area contributed by atoms with E-state index in [1.165, 1.54) is 13.4 Å². The third-order valence-electron chi connectivity index (χ3n) is 1.33. The van der Waals surface area contributed by atoms with Gasteiger partial charge < -0.3 is 14.7 Å². The third kappa shape index (κ3) is 3.64. The molecule has 0 aliphatic heterocycles. The number of carbonyl (C=O) groups is 1. The van der Waals surface area contributed by atoms with Crippen molar-refractivity contribution in [2.45, 2.75) is 12.8 Å². The smallest absolute Gasteiger partial charge is 0.305 e. The van der Waals surface area contributed by atoms with Gasteiger partial charge in [-0.3, -0.25) is 4.79 Å². The molecule has 1 aromatic heterocycles. The molecule has 0 unspecified atom stereocenters. The molecule has 12 heavy (non-hydrogen) atoms. The fraction of sp³-hybridized carbons (Fsp3) is 0.429. The Morgan fingerprint density at radius 3 is 3.00 bits per heavy atom. The van der Waals surface area contributed by atoms with E-state index in [9.17, 15) is 4.79 Å². The molecule has 0 N–H and O–H groups in total. The van der Waals surface area contributed by atoms with Gasteiger partial charge in [0.05, 0.1) is 7.11 Å². The Hall–Kier alpha value is -0.671. The van der Waals surface area contributed by atoms with E-state index in [2.05, 4.69) is 14.7 Å². The molecule has 0 aliphatic rings. The predicted octanol–water partition coefficient (Wildman–Crippen LogP) is 0.142. The van der Waals surface area contributed by atoms with E-state index in [0.29, 0.717) is 12.8 Å². The SMILES string of the molecule is COC(=O)CCc1cnc[n-]1.[Ir]. The molecule has 0 aliphatic carbocycles. The first-order valence-electron chi connectivity index (χ1n) is 3.31. The number of aryl methyl sites for hydroxylation is 1.